The number of rotatable bonds is 7. The normalized spacial score (nSPS) is 15.5. The molecule has 1 atom stereocenters. The summed E-state index contributed by atoms with van der Waals surface area (Å²) in [5, 5.41) is 6.81. The van der Waals surface area contributed by atoms with Gasteiger partial charge in [0.05, 0.1) is 24.1 Å². The maximum absolute atomic E-state index is 13.4. The molecule has 3 aromatic rings. The number of hydrogen-bond acceptors (Lipinski definition) is 4. The van der Waals surface area contributed by atoms with E-state index in [1.54, 1.807) is 11.8 Å². The molecule has 0 fully saturated rings. The average Bonchev–Trinajstić information content (AvgIpc) is 2.89. The van der Waals surface area contributed by atoms with Gasteiger partial charge < -0.3 is 20.3 Å². The first-order valence-electron chi connectivity index (χ1n) is 11.8. The summed E-state index contributed by atoms with van der Waals surface area (Å²) in [6, 6.07) is 26.4. The number of carbonyl (C=O) groups excluding carboxylic acids is 2. The zero-order chi connectivity index (χ0) is 25.7. The van der Waals surface area contributed by atoms with Gasteiger partial charge in [0.1, 0.15) is 0 Å². The van der Waals surface area contributed by atoms with Crippen LogP contribution in [0.4, 0.5) is 5.69 Å². The Morgan fingerprint density at radius 2 is 1.53 bits per heavy atom. The summed E-state index contributed by atoms with van der Waals surface area (Å²) in [5.41, 5.74) is 4.59. The van der Waals surface area contributed by atoms with Crippen LogP contribution in [0.25, 0.3) is 0 Å². The molecule has 0 radical (unpaired) electrons. The summed E-state index contributed by atoms with van der Waals surface area (Å²) in [6.45, 7) is 3.92. The van der Waals surface area contributed by atoms with Crippen LogP contribution in [-0.2, 0) is 14.3 Å². The van der Waals surface area contributed by atoms with Crippen molar-refractivity contribution in [3.05, 3.63) is 113 Å². The zero-order valence-electron chi connectivity index (χ0n) is 20.5. The Bertz CT molecular complexity index is 1230. The molecule has 7 heteroatoms. The predicted octanol–water partition coefficient (Wildman–Crippen LogP) is 5.16. The number of esters is 1. The Morgan fingerprint density at radius 3 is 2.06 bits per heavy atom. The van der Waals surface area contributed by atoms with Crippen LogP contribution < -0.4 is 10.6 Å². The van der Waals surface area contributed by atoms with Gasteiger partial charge in [0.2, 0.25) is 5.91 Å². The van der Waals surface area contributed by atoms with Crippen molar-refractivity contribution in [2.24, 2.45) is 0 Å². The molecule has 6 nitrogen and oxygen atoms in total. The van der Waals surface area contributed by atoms with Crippen LogP contribution in [0.15, 0.2) is 96.2 Å². The van der Waals surface area contributed by atoms with E-state index >= 15 is 0 Å². The molecule has 0 saturated carbocycles. The molecule has 4 rings (SSSR count). The molecule has 0 spiro atoms. The number of anilines is 1. The van der Waals surface area contributed by atoms with E-state index in [2.05, 4.69) is 10.6 Å². The van der Waals surface area contributed by atoms with Gasteiger partial charge in [-0.3, -0.25) is 4.79 Å². The minimum atomic E-state index is -0.445. The van der Waals surface area contributed by atoms with Crippen molar-refractivity contribution in [2.75, 3.05) is 19.0 Å². The second-order valence-corrected chi connectivity index (χ2v) is 8.91. The molecule has 1 aliphatic rings. The topological polar surface area (TPSA) is 70.7 Å². The van der Waals surface area contributed by atoms with Gasteiger partial charge in [-0.25, -0.2) is 4.79 Å². The maximum atomic E-state index is 13.4. The van der Waals surface area contributed by atoms with Gasteiger partial charge in [-0.05, 0) is 54.9 Å². The smallest absolute Gasteiger partial charge is 0.338 e. The van der Waals surface area contributed by atoms with Crippen molar-refractivity contribution < 1.29 is 14.3 Å². The summed E-state index contributed by atoms with van der Waals surface area (Å²) in [6.07, 6.45) is 0. The third-order valence-electron chi connectivity index (χ3n) is 6.29. The van der Waals surface area contributed by atoms with E-state index in [0.29, 0.717) is 16.4 Å². The fraction of sp³-hybridized carbons (Fsp3) is 0.207. The van der Waals surface area contributed by atoms with Crippen molar-refractivity contribution in [3.8, 4) is 0 Å². The number of nitrogens with zero attached hydrogens (tertiary/aromatic N) is 1. The van der Waals surface area contributed by atoms with Crippen LogP contribution in [0.3, 0.4) is 0 Å². The van der Waals surface area contributed by atoms with Gasteiger partial charge >= 0.3 is 5.97 Å². The van der Waals surface area contributed by atoms with Crippen LogP contribution in [-0.4, -0.2) is 35.5 Å². The molecule has 0 bridgehead atoms. The summed E-state index contributed by atoms with van der Waals surface area (Å²) >= 11 is 5.46. The summed E-state index contributed by atoms with van der Waals surface area (Å²) in [7, 11) is 1.81. The van der Waals surface area contributed by atoms with E-state index in [0.717, 1.165) is 22.4 Å². The largest absolute Gasteiger partial charge is 0.463 e. The first kappa shape index (κ1) is 25.1. The SMILES string of the molecule is CCOC(=O)C1=C(C)N(C)C(=S)NC1c1ccc(NC(=O)C(c2ccccc2)c2ccccc2)cc1. The Kier molecular flexibility index (Phi) is 7.80. The Balaban J connectivity index is 1.59. The van der Waals surface area contributed by atoms with Crippen molar-refractivity contribution >= 4 is 34.9 Å². The van der Waals surface area contributed by atoms with Gasteiger partial charge in [0, 0.05) is 18.4 Å². The molecule has 0 aliphatic carbocycles. The zero-order valence-corrected chi connectivity index (χ0v) is 21.3. The lowest BCUT2D eigenvalue weighted by atomic mass is 9.90. The number of thiocarbonyl (C=S) groups is 1. The first-order chi connectivity index (χ1) is 17.4. The number of carbonyl (C=O) groups is 2. The second-order valence-electron chi connectivity index (χ2n) is 8.53. The van der Waals surface area contributed by atoms with Crippen LogP contribution in [0.2, 0.25) is 0 Å². The molecular weight excluding hydrogens is 470 g/mol. The monoisotopic (exact) mass is 499 g/mol. The average molecular weight is 500 g/mol. The van der Waals surface area contributed by atoms with Crippen LogP contribution in [0, 0.1) is 0 Å². The van der Waals surface area contributed by atoms with Gasteiger partial charge in [-0.15, -0.1) is 0 Å². The van der Waals surface area contributed by atoms with Crippen molar-refractivity contribution in [1.29, 1.82) is 0 Å². The van der Waals surface area contributed by atoms with Crippen LogP contribution in [0.1, 0.15) is 42.5 Å². The van der Waals surface area contributed by atoms with Crippen molar-refractivity contribution in [2.45, 2.75) is 25.8 Å². The van der Waals surface area contributed by atoms with Crippen LogP contribution in [0.5, 0.6) is 0 Å². The summed E-state index contributed by atoms with van der Waals surface area (Å²) in [4.78, 5) is 27.9. The van der Waals surface area contributed by atoms with Crippen molar-refractivity contribution in [1.82, 2.24) is 10.2 Å². The standard InChI is InChI=1S/C29H29N3O3S/c1-4-35-28(34)24-19(2)32(3)29(36)31-26(24)22-15-17-23(18-16-22)30-27(33)25(20-11-7-5-8-12-20)21-13-9-6-10-14-21/h5-18,25-26H,4H2,1-3H3,(H,30,33)(H,31,36). The predicted molar refractivity (Wildman–Crippen MR) is 145 cm³/mol. The number of hydrogen-bond donors (Lipinski definition) is 2. The fourth-order valence-electron chi connectivity index (χ4n) is 4.32. The highest BCUT2D eigenvalue weighted by atomic mass is 32.1. The van der Waals surface area contributed by atoms with E-state index in [1.807, 2.05) is 98.9 Å². The minimum Gasteiger partial charge on any atom is -0.463 e. The highest BCUT2D eigenvalue weighted by Gasteiger charge is 2.33. The second kappa shape index (κ2) is 11.2. The fourth-order valence-corrected chi connectivity index (χ4v) is 4.57. The summed E-state index contributed by atoms with van der Waals surface area (Å²) in [5.74, 6) is -0.949. The highest BCUT2D eigenvalue weighted by Crippen LogP contribution is 2.32. The van der Waals surface area contributed by atoms with Gasteiger partial charge in [0.15, 0.2) is 5.11 Å². The molecule has 0 aromatic heterocycles. The Hall–Kier alpha value is -3.97. The molecule has 1 amide bonds. The van der Waals surface area contributed by atoms with E-state index in [-0.39, 0.29) is 18.5 Å². The third kappa shape index (κ3) is 5.31. The molecule has 1 aliphatic heterocycles. The lowest BCUT2D eigenvalue weighted by Crippen LogP contribution is -2.46. The first-order valence-corrected chi connectivity index (χ1v) is 12.2. The number of amides is 1. The minimum absolute atomic E-state index is 0.123. The number of ether oxygens (including phenoxy) is 1. The number of allylic oxidation sites excluding steroid dienone is 1. The lowest BCUT2D eigenvalue weighted by Gasteiger charge is -2.35. The molecule has 1 heterocycles. The Morgan fingerprint density at radius 1 is 0.972 bits per heavy atom. The number of nitrogens with one attached hydrogen (secondary N) is 2. The van der Waals surface area contributed by atoms with E-state index in [4.69, 9.17) is 17.0 Å². The third-order valence-corrected chi connectivity index (χ3v) is 6.68. The lowest BCUT2D eigenvalue weighted by molar-refractivity contribution is -0.139. The van der Waals surface area contributed by atoms with Crippen LogP contribution >= 0.6 is 12.2 Å². The maximum Gasteiger partial charge on any atom is 0.338 e. The van der Waals surface area contributed by atoms with E-state index in [1.165, 1.54) is 0 Å². The van der Waals surface area contributed by atoms with Crippen molar-refractivity contribution in [3.63, 3.8) is 0 Å². The van der Waals surface area contributed by atoms with Gasteiger partial charge in [-0.1, -0.05) is 72.8 Å². The molecular formula is C29H29N3O3S. The number of benzene rings is 3. The van der Waals surface area contributed by atoms with E-state index < -0.39 is 12.0 Å². The summed E-state index contributed by atoms with van der Waals surface area (Å²) < 4.78 is 5.31. The Labute approximate surface area is 217 Å². The molecule has 2 N–H and O–H groups in total. The van der Waals surface area contributed by atoms with Gasteiger partial charge in [-0.2, -0.15) is 0 Å². The quantitative estimate of drug-likeness (QED) is 0.346. The highest BCUT2D eigenvalue weighted by molar-refractivity contribution is 7.80. The molecule has 0 saturated heterocycles. The van der Waals surface area contributed by atoms with E-state index in [9.17, 15) is 9.59 Å². The molecule has 1 unspecified atom stereocenters. The van der Waals surface area contributed by atoms with Gasteiger partial charge in [0.25, 0.3) is 0 Å². The molecule has 36 heavy (non-hydrogen) atoms. The molecule has 3 aromatic carbocycles. The molecule has 184 valence electrons.